The van der Waals surface area contributed by atoms with Crippen molar-refractivity contribution >= 4 is 5.91 Å². The van der Waals surface area contributed by atoms with Crippen molar-refractivity contribution in [3.63, 3.8) is 0 Å². The van der Waals surface area contributed by atoms with Crippen LogP contribution in [0.5, 0.6) is 0 Å². The van der Waals surface area contributed by atoms with Crippen molar-refractivity contribution < 1.29 is 4.79 Å². The molecule has 1 aliphatic heterocycles. The second kappa shape index (κ2) is 6.89. The van der Waals surface area contributed by atoms with Gasteiger partial charge in [0.1, 0.15) is 0 Å². The topological polar surface area (TPSA) is 32.3 Å². The average molecular weight is 274 g/mol. The lowest BCUT2D eigenvalue weighted by atomic mass is 9.98. The van der Waals surface area contributed by atoms with E-state index >= 15 is 0 Å². The molecule has 1 aliphatic rings. The van der Waals surface area contributed by atoms with Gasteiger partial charge in [-0.1, -0.05) is 38.1 Å². The summed E-state index contributed by atoms with van der Waals surface area (Å²) in [5.41, 5.74) is 2.55. The van der Waals surface area contributed by atoms with E-state index in [1.54, 1.807) is 0 Å². The maximum atomic E-state index is 12.4. The highest BCUT2D eigenvalue weighted by Gasteiger charge is 2.23. The van der Waals surface area contributed by atoms with Crippen LogP contribution in [0.1, 0.15) is 43.7 Å². The monoisotopic (exact) mass is 274 g/mol. The van der Waals surface area contributed by atoms with Crippen LogP contribution >= 0.6 is 0 Å². The van der Waals surface area contributed by atoms with Crippen molar-refractivity contribution in [2.24, 2.45) is 5.92 Å². The smallest absolute Gasteiger partial charge is 0.227 e. The highest BCUT2D eigenvalue weighted by Crippen LogP contribution is 2.17. The van der Waals surface area contributed by atoms with Crippen molar-refractivity contribution in [1.29, 1.82) is 0 Å². The van der Waals surface area contributed by atoms with Gasteiger partial charge in [-0.3, -0.25) is 4.79 Å². The van der Waals surface area contributed by atoms with E-state index in [1.807, 2.05) is 11.9 Å². The molecule has 2 rings (SSSR count). The van der Waals surface area contributed by atoms with Gasteiger partial charge in [0, 0.05) is 20.1 Å². The number of nitrogens with one attached hydrogen (secondary N) is 1. The fourth-order valence-electron chi connectivity index (χ4n) is 2.73. The van der Waals surface area contributed by atoms with E-state index in [0.717, 1.165) is 25.9 Å². The van der Waals surface area contributed by atoms with Gasteiger partial charge in [-0.15, -0.1) is 0 Å². The average Bonchev–Trinajstić information content (AvgIpc) is 2.48. The van der Waals surface area contributed by atoms with Gasteiger partial charge in [-0.2, -0.15) is 0 Å². The number of amides is 1. The molecule has 0 bridgehead atoms. The number of benzene rings is 1. The summed E-state index contributed by atoms with van der Waals surface area (Å²) in [4.78, 5) is 14.2. The Morgan fingerprint density at radius 2 is 2.05 bits per heavy atom. The zero-order valence-electron chi connectivity index (χ0n) is 12.9. The Balaban J connectivity index is 1.92. The molecule has 3 heteroatoms. The third kappa shape index (κ3) is 3.83. The number of carbonyl (C=O) groups is 1. The lowest BCUT2D eigenvalue weighted by molar-refractivity contribution is -0.135. The van der Waals surface area contributed by atoms with Crippen LogP contribution in [0.4, 0.5) is 0 Å². The van der Waals surface area contributed by atoms with Crippen LogP contribution < -0.4 is 5.32 Å². The minimum absolute atomic E-state index is 0.156. The largest absolute Gasteiger partial charge is 0.341 e. The highest BCUT2D eigenvalue weighted by atomic mass is 16.2. The second-order valence-corrected chi connectivity index (χ2v) is 6.13. The first-order valence-corrected chi connectivity index (χ1v) is 7.62. The summed E-state index contributed by atoms with van der Waals surface area (Å²) in [6, 6.07) is 8.61. The maximum absolute atomic E-state index is 12.4. The molecular formula is C17H26N2O. The predicted molar refractivity (Wildman–Crippen MR) is 82.6 cm³/mol. The lowest BCUT2D eigenvalue weighted by Gasteiger charge is -2.27. The molecule has 1 amide bonds. The Kier molecular flexibility index (Phi) is 5.18. The maximum Gasteiger partial charge on any atom is 0.227 e. The zero-order valence-corrected chi connectivity index (χ0v) is 12.9. The first-order valence-electron chi connectivity index (χ1n) is 7.62. The Labute approximate surface area is 122 Å². The molecule has 1 heterocycles. The number of rotatable bonds is 4. The van der Waals surface area contributed by atoms with Gasteiger partial charge < -0.3 is 10.2 Å². The highest BCUT2D eigenvalue weighted by molar-refractivity contribution is 5.78. The molecule has 20 heavy (non-hydrogen) atoms. The zero-order chi connectivity index (χ0) is 14.5. The van der Waals surface area contributed by atoms with E-state index in [-0.39, 0.29) is 11.8 Å². The van der Waals surface area contributed by atoms with Crippen molar-refractivity contribution in [2.45, 2.75) is 39.2 Å². The molecule has 110 valence electrons. The summed E-state index contributed by atoms with van der Waals surface area (Å²) < 4.78 is 0. The molecule has 1 atom stereocenters. The van der Waals surface area contributed by atoms with Crippen LogP contribution in [-0.4, -0.2) is 30.9 Å². The first kappa shape index (κ1) is 15.0. The molecule has 1 aromatic carbocycles. The number of carbonyl (C=O) groups excluding carboxylic acids is 1. The molecule has 0 aliphatic carbocycles. The van der Waals surface area contributed by atoms with Gasteiger partial charge in [-0.05, 0) is 36.4 Å². The van der Waals surface area contributed by atoms with Crippen molar-refractivity contribution in [3.05, 3.63) is 35.4 Å². The molecule has 0 spiro atoms. The molecule has 1 unspecified atom stereocenters. The molecule has 3 nitrogen and oxygen atoms in total. The molecular weight excluding hydrogens is 248 g/mol. The SMILES string of the molecule is CC(C)c1ccc(CN(C)C(=O)C2CCCNC2)cc1. The predicted octanol–water partition coefficient (Wildman–Crippen LogP) is 2.77. The molecule has 1 aromatic rings. The van der Waals surface area contributed by atoms with Gasteiger partial charge in [0.25, 0.3) is 0 Å². The summed E-state index contributed by atoms with van der Waals surface area (Å²) in [6.07, 6.45) is 2.12. The number of nitrogens with zero attached hydrogens (tertiary/aromatic N) is 1. The van der Waals surface area contributed by atoms with Crippen LogP contribution in [0.3, 0.4) is 0 Å². The van der Waals surface area contributed by atoms with Crippen LogP contribution in [0.25, 0.3) is 0 Å². The van der Waals surface area contributed by atoms with E-state index in [9.17, 15) is 4.79 Å². The van der Waals surface area contributed by atoms with E-state index in [0.29, 0.717) is 12.5 Å². The summed E-state index contributed by atoms with van der Waals surface area (Å²) >= 11 is 0. The molecule has 0 radical (unpaired) electrons. The molecule has 1 fully saturated rings. The van der Waals surface area contributed by atoms with E-state index in [2.05, 4.69) is 43.4 Å². The number of hydrogen-bond acceptors (Lipinski definition) is 2. The van der Waals surface area contributed by atoms with Gasteiger partial charge in [0.15, 0.2) is 0 Å². The first-order chi connectivity index (χ1) is 9.58. The minimum Gasteiger partial charge on any atom is -0.341 e. The lowest BCUT2D eigenvalue weighted by Crippen LogP contribution is -2.41. The van der Waals surface area contributed by atoms with Crippen LogP contribution in [-0.2, 0) is 11.3 Å². The van der Waals surface area contributed by atoms with Crippen LogP contribution in [0.2, 0.25) is 0 Å². The molecule has 0 saturated carbocycles. The van der Waals surface area contributed by atoms with Crippen LogP contribution in [0, 0.1) is 5.92 Å². The Morgan fingerprint density at radius 1 is 1.35 bits per heavy atom. The van der Waals surface area contributed by atoms with Gasteiger partial charge in [0.05, 0.1) is 5.92 Å². The number of piperidine rings is 1. The minimum atomic E-state index is 0.156. The fraction of sp³-hybridized carbons (Fsp3) is 0.588. The second-order valence-electron chi connectivity index (χ2n) is 6.13. The van der Waals surface area contributed by atoms with E-state index in [4.69, 9.17) is 0 Å². The fourth-order valence-corrected chi connectivity index (χ4v) is 2.73. The van der Waals surface area contributed by atoms with E-state index in [1.165, 1.54) is 11.1 Å². The summed E-state index contributed by atoms with van der Waals surface area (Å²) in [6.45, 7) is 6.97. The molecule has 1 saturated heterocycles. The van der Waals surface area contributed by atoms with Crippen molar-refractivity contribution in [2.75, 3.05) is 20.1 Å². The quantitative estimate of drug-likeness (QED) is 0.915. The Bertz CT molecular complexity index is 433. The standard InChI is InChI=1S/C17H26N2O/c1-13(2)15-8-6-14(7-9-15)12-19(3)17(20)16-5-4-10-18-11-16/h6-9,13,16,18H,4-5,10-12H2,1-3H3. The van der Waals surface area contributed by atoms with Gasteiger partial charge in [0.2, 0.25) is 5.91 Å². The molecule has 1 N–H and O–H groups in total. The normalized spacial score (nSPS) is 19.1. The Hall–Kier alpha value is -1.35. The van der Waals surface area contributed by atoms with Crippen molar-refractivity contribution in [1.82, 2.24) is 10.2 Å². The van der Waals surface area contributed by atoms with Gasteiger partial charge >= 0.3 is 0 Å². The molecule has 0 aromatic heterocycles. The van der Waals surface area contributed by atoms with Crippen molar-refractivity contribution in [3.8, 4) is 0 Å². The Morgan fingerprint density at radius 3 is 2.60 bits per heavy atom. The summed E-state index contributed by atoms with van der Waals surface area (Å²) in [5.74, 6) is 0.977. The third-order valence-electron chi connectivity index (χ3n) is 4.09. The van der Waals surface area contributed by atoms with E-state index < -0.39 is 0 Å². The summed E-state index contributed by atoms with van der Waals surface area (Å²) in [7, 11) is 1.91. The summed E-state index contributed by atoms with van der Waals surface area (Å²) in [5, 5.41) is 3.31. The van der Waals surface area contributed by atoms with Crippen LogP contribution in [0.15, 0.2) is 24.3 Å². The van der Waals surface area contributed by atoms with Gasteiger partial charge in [-0.25, -0.2) is 0 Å². The number of hydrogen-bond donors (Lipinski definition) is 1. The third-order valence-corrected chi connectivity index (χ3v) is 4.09.